The lowest BCUT2D eigenvalue weighted by Gasteiger charge is -2.60. The lowest BCUT2D eigenvalue weighted by molar-refractivity contribution is -0.196. The van der Waals surface area contributed by atoms with Gasteiger partial charge in [-0.2, -0.15) is 5.10 Å². The number of nitrogens with zero attached hydrogens (tertiary/aromatic N) is 2. The third kappa shape index (κ3) is 3.95. The molecule has 3 saturated carbocycles. The molecule has 0 amide bonds. The SMILES string of the molecule is COCCC(=O)O[C@]1(C(=O)S)CCC2[C@@H]3CCC4=Cc5c(cnn5-c5ccc(F)cc5)C[C@]4(C)C3[C@@H](O)C[C@@]21C. The fraction of sp³-hybridized carbons (Fsp3) is 0.581. The van der Waals surface area contributed by atoms with Crippen LogP contribution in [0, 0.1) is 34.4 Å². The molecule has 4 aliphatic carbocycles. The molecule has 214 valence electrons. The maximum absolute atomic E-state index is 13.5. The van der Waals surface area contributed by atoms with Gasteiger partial charge in [0.05, 0.1) is 36.7 Å². The number of aromatic nitrogens is 2. The summed E-state index contributed by atoms with van der Waals surface area (Å²) in [7, 11) is 1.52. The number of halogens is 1. The molecule has 4 aliphatic rings. The molecular weight excluding hydrogens is 531 g/mol. The van der Waals surface area contributed by atoms with Crippen LogP contribution in [0.25, 0.3) is 11.8 Å². The number of carbonyl (C=O) groups excluding carboxylic acids is 2. The van der Waals surface area contributed by atoms with E-state index in [-0.39, 0.29) is 42.0 Å². The first kappa shape index (κ1) is 27.7. The first-order chi connectivity index (χ1) is 19.0. The zero-order valence-corrected chi connectivity index (χ0v) is 24.1. The number of aliphatic hydroxyl groups excluding tert-OH is 1. The predicted octanol–water partition coefficient (Wildman–Crippen LogP) is 4.94. The summed E-state index contributed by atoms with van der Waals surface area (Å²) in [5, 5.41) is 16.1. The van der Waals surface area contributed by atoms with E-state index in [9.17, 15) is 19.1 Å². The average molecular weight is 569 g/mol. The van der Waals surface area contributed by atoms with Crippen molar-refractivity contribution in [3.8, 4) is 5.69 Å². The molecule has 40 heavy (non-hydrogen) atoms. The summed E-state index contributed by atoms with van der Waals surface area (Å²) in [4.78, 5) is 25.8. The van der Waals surface area contributed by atoms with Crippen LogP contribution in [0.3, 0.4) is 0 Å². The van der Waals surface area contributed by atoms with Gasteiger partial charge in [0.2, 0.25) is 5.12 Å². The second-order valence-electron chi connectivity index (χ2n) is 12.6. The van der Waals surface area contributed by atoms with Gasteiger partial charge >= 0.3 is 5.97 Å². The molecule has 1 aromatic heterocycles. The van der Waals surface area contributed by atoms with Crippen molar-refractivity contribution in [2.45, 2.75) is 70.5 Å². The standard InChI is InChI=1S/C31H37FN2O5S/c1-29-15-18-17-33-34(21-7-5-20(32)6-8-21)24(18)14-19(29)4-9-22-23-10-12-31(28(37)40,39-26(36)11-13-38-3)30(23,2)16-25(35)27(22)29/h5-8,14,17,22-23,25,27,35H,4,9-13,15-16H2,1-3H3,(H,37,40)/t22-,23?,25-,27?,29-,30-,31-/m0/s1. The molecule has 9 heteroatoms. The quantitative estimate of drug-likeness (QED) is 0.379. The van der Waals surface area contributed by atoms with Crippen molar-refractivity contribution in [1.29, 1.82) is 0 Å². The van der Waals surface area contributed by atoms with Crippen LogP contribution in [0.4, 0.5) is 4.39 Å². The van der Waals surface area contributed by atoms with Crippen LogP contribution >= 0.6 is 12.6 Å². The first-order valence-electron chi connectivity index (χ1n) is 14.2. The van der Waals surface area contributed by atoms with E-state index >= 15 is 0 Å². The van der Waals surface area contributed by atoms with Crippen LogP contribution in [0.15, 0.2) is 36.0 Å². The molecule has 1 heterocycles. The van der Waals surface area contributed by atoms with Gasteiger partial charge in [-0.1, -0.05) is 19.4 Å². The van der Waals surface area contributed by atoms with Crippen LogP contribution < -0.4 is 0 Å². The molecule has 7 atom stereocenters. The molecule has 7 nitrogen and oxygen atoms in total. The number of rotatable bonds is 6. The van der Waals surface area contributed by atoms with E-state index in [0.29, 0.717) is 12.8 Å². The Labute approximate surface area is 239 Å². The van der Waals surface area contributed by atoms with Crippen molar-refractivity contribution in [3.63, 3.8) is 0 Å². The Kier molecular flexibility index (Phi) is 6.78. The molecule has 6 rings (SSSR count). The Balaban J connectivity index is 1.32. The summed E-state index contributed by atoms with van der Waals surface area (Å²) >= 11 is 4.26. The molecular formula is C31H37FN2O5S. The fourth-order valence-electron chi connectivity index (χ4n) is 8.95. The van der Waals surface area contributed by atoms with Gasteiger partial charge in [0.1, 0.15) is 5.82 Å². The molecule has 1 N–H and O–H groups in total. The Morgan fingerprint density at radius 2 is 1.98 bits per heavy atom. The molecule has 3 fully saturated rings. The topological polar surface area (TPSA) is 90.7 Å². The molecule has 0 bridgehead atoms. The highest BCUT2D eigenvalue weighted by molar-refractivity contribution is 7.96. The highest BCUT2D eigenvalue weighted by Crippen LogP contribution is 2.68. The highest BCUT2D eigenvalue weighted by atomic mass is 32.1. The third-order valence-corrected chi connectivity index (χ3v) is 11.1. The highest BCUT2D eigenvalue weighted by Gasteiger charge is 2.70. The average Bonchev–Trinajstić information content (AvgIpc) is 3.44. The summed E-state index contributed by atoms with van der Waals surface area (Å²) in [6.45, 7) is 4.49. The van der Waals surface area contributed by atoms with Gasteiger partial charge in [-0.3, -0.25) is 9.59 Å². The third-order valence-electron chi connectivity index (χ3n) is 10.8. The van der Waals surface area contributed by atoms with Crippen LogP contribution in [0.2, 0.25) is 0 Å². The molecule has 0 radical (unpaired) electrons. The Morgan fingerprint density at radius 3 is 2.67 bits per heavy atom. The van der Waals surface area contributed by atoms with E-state index in [0.717, 1.165) is 42.6 Å². The number of carbonyl (C=O) groups is 2. The number of fused-ring (bicyclic) bond motifs is 6. The molecule has 0 spiro atoms. The number of hydrogen-bond donors (Lipinski definition) is 2. The summed E-state index contributed by atoms with van der Waals surface area (Å²) in [6.07, 6.45) is 7.55. The largest absolute Gasteiger partial charge is 0.449 e. The van der Waals surface area contributed by atoms with Crippen molar-refractivity contribution < 1.29 is 28.6 Å². The van der Waals surface area contributed by atoms with Gasteiger partial charge < -0.3 is 14.6 Å². The van der Waals surface area contributed by atoms with Gasteiger partial charge in [0.15, 0.2) is 5.60 Å². The van der Waals surface area contributed by atoms with E-state index in [1.165, 1.54) is 24.8 Å². The smallest absolute Gasteiger partial charge is 0.309 e. The van der Waals surface area contributed by atoms with Crippen molar-refractivity contribution in [1.82, 2.24) is 9.78 Å². The van der Waals surface area contributed by atoms with E-state index < -0.39 is 28.2 Å². The Bertz CT molecular complexity index is 1370. The molecule has 2 aromatic rings. The van der Waals surface area contributed by atoms with Gasteiger partial charge in [0, 0.05) is 12.5 Å². The second-order valence-corrected chi connectivity index (χ2v) is 13.0. The van der Waals surface area contributed by atoms with E-state index in [4.69, 9.17) is 9.47 Å². The minimum atomic E-state index is -1.36. The number of esters is 1. The van der Waals surface area contributed by atoms with Crippen molar-refractivity contribution in [2.75, 3.05) is 13.7 Å². The number of ether oxygens (including phenoxy) is 2. The van der Waals surface area contributed by atoms with Gasteiger partial charge in [-0.15, -0.1) is 12.6 Å². The molecule has 0 saturated heterocycles. The van der Waals surface area contributed by atoms with Crippen molar-refractivity contribution in [2.24, 2.45) is 28.6 Å². The second kappa shape index (κ2) is 9.81. The van der Waals surface area contributed by atoms with Crippen LogP contribution in [-0.4, -0.2) is 51.4 Å². The Hall–Kier alpha value is -2.49. The summed E-state index contributed by atoms with van der Waals surface area (Å²) < 4.78 is 26.4. The lowest BCUT2D eigenvalue weighted by Crippen LogP contribution is -2.62. The van der Waals surface area contributed by atoms with E-state index in [1.54, 1.807) is 12.1 Å². The number of allylic oxidation sites excluding steroid dienone is 1. The summed E-state index contributed by atoms with van der Waals surface area (Å²) in [5.74, 6) is -0.456. The summed E-state index contributed by atoms with van der Waals surface area (Å²) in [5.41, 5.74) is 1.90. The maximum atomic E-state index is 13.5. The maximum Gasteiger partial charge on any atom is 0.309 e. The summed E-state index contributed by atoms with van der Waals surface area (Å²) in [6, 6.07) is 6.34. The zero-order valence-electron chi connectivity index (χ0n) is 23.2. The van der Waals surface area contributed by atoms with Crippen molar-refractivity contribution in [3.05, 3.63) is 53.1 Å². The Morgan fingerprint density at radius 1 is 1.23 bits per heavy atom. The number of thiol groups is 1. The normalized spacial score (nSPS) is 36.1. The van der Waals surface area contributed by atoms with E-state index in [1.807, 2.05) is 17.8 Å². The predicted molar refractivity (Wildman–Crippen MR) is 150 cm³/mol. The van der Waals surface area contributed by atoms with Gasteiger partial charge in [-0.05, 0) is 97.6 Å². The number of hydrogen-bond acceptors (Lipinski definition) is 6. The zero-order chi connectivity index (χ0) is 28.4. The molecule has 2 unspecified atom stereocenters. The molecule has 1 aromatic carbocycles. The minimum absolute atomic E-state index is 0.00269. The van der Waals surface area contributed by atoms with Gasteiger partial charge in [0.25, 0.3) is 0 Å². The number of aliphatic hydroxyl groups is 1. The lowest BCUT2D eigenvalue weighted by atomic mass is 9.45. The number of benzene rings is 1. The molecule has 0 aliphatic heterocycles. The fourth-order valence-corrected chi connectivity index (χ4v) is 9.37. The van der Waals surface area contributed by atoms with Crippen LogP contribution in [-0.2, 0) is 25.5 Å². The number of methoxy groups -OCH3 is 1. The van der Waals surface area contributed by atoms with Gasteiger partial charge in [-0.25, -0.2) is 9.07 Å². The van der Waals surface area contributed by atoms with Crippen LogP contribution in [0.5, 0.6) is 0 Å². The van der Waals surface area contributed by atoms with Crippen molar-refractivity contribution >= 4 is 29.8 Å². The monoisotopic (exact) mass is 568 g/mol. The van der Waals surface area contributed by atoms with E-state index in [2.05, 4.69) is 30.7 Å². The van der Waals surface area contributed by atoms with Crippen LogP contribution in [0.1, 0.15) is 63.6 Å². The first-order valence-corrected chi connectivity index (χ1v) is 14.6. The minimum Gasteiger partial charge on any atom is -0.449 e.